The highest BCUT2D eigenvalue weighted by Gasteiger charge is 2.15. The van der Waals surface area contributed by atoms with Gasteiger partial charge in [-0.1, -0.05) is 11.6 Å². The molecule has 1 N–H and O–H groups in total. The Hall–Kier alpha value is -2.67. The highest BCUT2D eigenvalue weighted by Crippen LogP contribution is 2.23. The normalized spacial score (nSPS) is 10.1. The van der Waals surface area contributed by atoms with Crippen LogP contribution in [0.15, 0.2) is 36.5 Å². The van der Waals surface area contributed by atoms with Crippen molar-refractivity contribution in [3.63, 3.8) is 0 Å². The fourth-order valence-corrected chi connectivity index (χ4v) is 1.99. The summed E-state index contributed by atoms with van der Waals surface area (Å²) in [7, 11) is 3.72. The molecular weight excluding hydrogens is 308 g/mol. The van der Waals surface area contributed by atoms with E-state index in [-0.39, 0.29) is 16.3 Å². The van der Waals surface area contributed by atoms with Gasteiger partial charge in [0.15, 0.2) is 0 Å². The van der Waals surface area contributed by atoms with Gasteiger partial charge < -0.3 is 10.2 Å². The van der Waals surface area contributed by atoms with Crippen LogP contribution < -0.4 is 10.2 Å². The molecular formula is C14H13ClN4O3. The second kappa shape index (κ2) is 6.40. The third-order valence-electron chi connectivity index (χ3n) is 2.87. The van der Waals surface area contributed by atoms with Gasteiger partial charge in [-0.25, -0.2) is 4.98 Å². The van der Waals surface area contributed by atoms with E-state index in [4.69, 9.17) is 11.6 Å². The number of carbonyl (C=O) groups excluding carboxylic acids is 1. The van der Waals surface area contributed by atoms with Crippen molar-refractivity contribution in [3.8, 4) is 0 Å². The number of rotatable bonds is 4. The minimum absolute atomic E-state index is 0.0181. The van der Waals surface area contributed by atoms with Gasteiger partial charge >= 0.3 is 0 Å². The van der Waals surface area contributed by atoms with Crippen LogP contribution in [-0.2, 0) is 0 Å². The molecule has 0 atom stereocenters. The summed E-state index contributed by atoms with van der Waals surface area (Å²) < 4.78 is 0. The summed E-state index contributed by atoms with van der Waals surface area (Å²) in [6.07, 6.45) is 1.52. The molecule has 1 aromatic carbocycles. The van der Waals surface area contributed by atoms with Crippen LogP contribution in [0.2, 0.25) is 5.02 Å². The van der Waals surface area contributed by atoms with Crippen molar-refractivity contribution < 1.29 is 9.72 Å². The van der Waals surface area contributed by atoms with Gasteiger partial charge in [0, 0.05) is 26.2 Å². The number of hydrogen-bond donors (Lipinski definition) is 1. The van der Waals surface area contributed by atoms with Gasteiger partial charge in [-0.15, -0.1) is 0 Å². The van der Waals surface area contributed by atoms with Crippen molar-refractivity contribution in [1.82, 2.24) is 4.98 Å². The smallest absolute Gasteiger partial charge is 0.270 e. The molecule has 0 spiro atoms. The van der Waals surface area contributed by atoms with E-state index in [9.17, 15) is 14.9 Å². The quantitative estimate of drug-likeness (QED) is 0.691. The molecule has 114 valence electrons. The number of anilines is 2. The van der Waals surface area contributed by atoms with Crippen LogP contribution in [0, 0.1) is 10.1 Å². The fourth-order valence-electron chi connectivity index (χ4n) is 1.72. The highest BCUT2D eigenvalue weighted by atomic mass is 35.5. The lowest BCUT2D eigenvalue weighted by atomic mass is 10.2. The van der Waals surface area contributed by atoms with Crippen molar-refractivity contribution in [2.45, 2.75) is 0 Å². The number of nitrogens with one attached hydrogen (secondary N) is 1. The second-order valence-electron chi connectivity index (χ2n) is 4.67. The fraction of sp³-hybridized carbons (Fsp3) is 0.143. The number of hydrogen-bond acceptors (Lipinski definition) is 5. The van der Waals surface area contributed by atoms with Gasteiger partial charge in [0.05, 0.1) is 27.4 Å². The van der Waals surface area contributed by atoms with Gasteiger partial charge in [-0.05, 0) is 18.2 Å². The van der Waals surface area contributed by atoms with E-state index in [1.807, 2.05) is 19.0 Å². The maximum Gasteiger partial charge on any atom is 0.270 e. The number of pyridine rings is 1. The lowest BCUT2D eigenvalue weighted by Gasteiger charge is -2.12. The summed E-state index contributed by atoms with van der Waals surface area (Å²) in [4.78, 5) is 28.2. The van der Waals surface area contributed by atoms with Gasteiger partial charge in [-0.3, -0.25) is 14.9 Å². The molecule has 0 aliphatic rings. The number of non-ortho nitro benzene ring substituents is 1. The Labute approximate surface area is 131 Å². The van der Waals surface area contributed by atoms with Crippen LogP contribution in [0.25, 0.3) is 0 Å². The molecule has 0 saturated heterocycles. The molecule has 0 bridgehead atoms. The molecule has 1 amide bonds. The predicted octanol–water partition coefficient (Wildman–Crippen LogP) is 2.96. The van der Waals surface area contributed by atoms with E-state index >= 15 is 0 Å². The van der Waals surface area contributed by atoms with Gasteiger partial charge in [0.25, 0.3) is 11.6 Å². The Morgan fingerprint density at radius 2 is 2.05 bits per heavy atom. The maximum absolute atomic E-state index is 12.1. The monoisotopic (exact) mass is 320 g/mol. The van der Waals surface area contributed by atoms with Crippen molar-refractivity contribution in [1.29, 1.82) is 0 Å². The third kappa shape index (κ3) is 3.50. The van der Waals surface area contributed by atoms with Crippen molar-refractivity contribution in [2.75, 3.05) is 24.3 Å². The first kappa shape index (κ1) is 15.7. The SMILES string of the molecule is CN(C)c1ccc(NC(=O)c2ccc([N+](=O)[O-])cc2Cl)cn1. The minimum Gasteiger partial charge on any atom is -0.363 e. The first-order chi connectivity index (χ1) is 10.4. The number of amides is 1. The van der Waals surface area contributed by atoms with Crippen molar-refractivity contribution >= 4 is 34.7 Å². The summed E-state index contributed by atoms with van der Waals surface area (Å²) in [5, 5.41) is 13.3. The van der Waals surface area contributed by atoms with Gasteiger partial charge in [-0.2, -0.15) is 0 Å². The van der Waals surface area contributed by atoms with E-state index in [0.717, 1.165) is 11.9 Å². The molecule has 22 heavy (non-hydrogen) atoms. The third-order valence-corrected chi connectivity index (χ3v) is 3.18. The Kier molecular flexibility index (Phi) is 4.57. The molecule has 2 rings (SSSR count). The number of nitrogens with zero attached hydrogens (tertiary/aromatic N) is 3. The molecule has 0 saturated carbocycles. The van der Waals surface area contributed by atoms with Crippen LogP contribution in [-0.4, -0.2) is 29.9 Å². The average molecular weight is 321 g/mol. The molecule has 0 aliphatic heterocycles. The Morgan fingerprint density at radius 1 is 1.32 bits per heavy atom. The lowest BCUT2D eigenvalue weighted by Crippen LogP contribution is -2.14. The average Bonchev–Trinajstić information content (AvgIpc) is 2.47. The van der Waals surface area contributed by atoms with E-state index in [2.05, 4.69) is 10.3 Å². The molecule has 1 heterocycles. The standard InChI is InChI=1S/C14H13ClN4O3/c1-18(2)13-6-3-9(8-16-13)17-14(20)11-5-4-10(19(21)22)7-12(11)15/h3-8H,1-2H3,(H,17,20). The largest absolute Gasteiger partial charge is 0.363 e. The topological polar surface area (TPSA) is 88.4 Å². The van der Waals surface area contributed by atoms with E-state index in [0.29, 0.717) is 5.69 Å². The summed E-state index contributed by atoms with van der Waals surface area (Å²) >= 11 is 5.91. The second-order valence-corrected chi connectivity index (χ2v) is 5.08. The predicted molar refractivity (Wildman–Crippen MR) is 84.6 cm³/mol. The Bertz CT molecular complexity index is 717. The number of nitro benzene ring substituents is 1. The molecule has 2 aromatic rings. The molecule has 0 radical (unpaired) electrons. The van der Waals surface area contributed by atoms with Crippen LogP contribution in [0.4, 0.5) is 17.2 Å². The molecule has 1 aromatic heterocycles. The minimum atomic E-state index is -0.572. The molecule has 7 nitrogen and oxygen atoms in total. The zero-order valence-corrected chi connectivity index (χ0v) is 12.7. The van der Waals surface area contributed by atoms with Crippen LogP contribution >= 0.6 is 11.6 Å². The Morgan fingerprint density at radius 3 is 2.55 bits per heavy atom. The van der Waals surface area contributed by atoms with Crippen LogP contribution in [0.3, 0.4) is 0 Å². The molecule has 0 aliphatic carbocycles. The molecule has 8 heteroatoms. The number of halogens is 1. The Balaban J connectivity index is 2.17. The highest BCUT2D eigenvalue weighted by molar-refractivity contribution is 6.34. The van der Waals surface area contributed by atoms with Crippen LogP contribution in [0.1, 0.15) is 10.4 Å². The lowest BCUT2D eigenvalue weighted by molar-refractivity contribution is -0.384. The summed E-state index contributed by atoms with van der Waals surface area (Å²) in [5.74, 6) is 0.297. The van der Waals surface area contributed by atoms with E-state index in [1.54, 1.807) is 12.1 Å². The van der Waals surface area contributed by atoms with Gasteiger partial charge in [0.1, 0.15) is 5.82 Å². The summed E-state index contributed by atoms with van der Waals surface area (Å²) in [5.41, 5.74) is 0.493. The first-order valence-electron chi connectivity index (χ1n) is 6.27. The number of benzene rings is 1. The zero-order valence-electron chi connectivity index (χ0n) is 11.9. The molecule has 0 unspecified atom stereocenters. The molecule has 0 fully saturated rings. The summed E-state index contributed by atoms with van der Waals surface area (Å²) in [6.45, 7) is 0. The van der Waals surface area contributed by atoms with E-state index < -0.39 is 10.8 Å². The zero-order chi connectivity index (χ0) is 16.3. The van der Waals surface area contributed by atoms with Crippen molar-refractivity contribution in [3.05, 3.63) is 57.2 Å². The first-order valence-corrected chi connectivity index (χ1v) is 6.65. The van der Waals surface area contributed by atoms with Crippen LogP contribution in [0.5, 0.6) is 0 Å². The summed E-state index contributed by atoms with van der Waals surface area (Å²) in [6, 6.07) is 7.15. The number of carbonyl (C=O) groups is 1. The van der Waals surface area contributed by atoms with Gasteiger partial charge in [0.2, 0.25) is 0 Å². The number of nitro groups is 1. The maximum atomic E-state index is 12.1. The van der Waals surface area contributed by atoms with E-state index in [1.165, 1.54) is 18.3 Å². The number of aromatic nitrogens is 1. The van der Waals surface area contributed by atoms with Crippen molar-refractivity contribution in [2.24, 2.45) is 0 Å².